The summed E-state index contributed by atoms with van der Waals surface area (Å²) in [4.78, 5) is 3.30. The van der Waals surface area contributed by atoms with Gasteiger partial charge in [-0.2, -0.15) is 42.0 Å². The van der Waals surface area contributed by atoms with Crippen molar-refractivity contribution < 1.29 is 26.3 Å². The van der Waals surface area contributed by atoms with Gasteiger partial charge in [0.25, 0.3) is 0 Å². The third-order valence-corrected chi connectivity index (χ3v) is 4.52. The molecule has 29 heavy (non-hydrogen) atoms. The number of aromatic amines is 1. The molecule has 2 unspecified atom stereocenters. The van der Waals surface area contributed by atoms with Gasteiger partial charge in [-0.15, -0.1) is 0 Å². The quantitative estimate of drug-likeness (QED) is 0.727. The van der Waals surface area contributed by atoms with Gasteiger partial charge in [0.15, 0.2) is 0 Å². The van der Waals surface area contributed by atoms with Crippen LogP contribution in [0.3, 0.4) is 0 Å². The zero-order valence-corrected chi connectivity index (χ0v) is 14.4. The maximum Gasteiger partial charge on any atom is 0.430 e. The van der Waals surface area contributed by atoms with Crippen LogP contribution in [0.4, 0.5) is 26.3 Å². The Morgan fingerprint density at radius 2 is 1.83 bits per heavy atom. The zero-order chi connectivity index (χ0) is 21.4. The molecule has 0 spiro atoms. The standard InChI is InChI=1S/C18H11F6N5/c19-17(20,21)4-3-14-11(6-25)15(12(7-26)16(28-14)18(22,23)24)9-1-2-13-10(5-9)8-27-29-13/h1-2,5,8,12,15H,3-4H2,(H,27,29). The van der Waals surface area contributed by atoms with E-state index in [9.17, 15) is 36.9 Å². The zero-order valence-electron chi connectivity index (χ0n) is 14.4. The first-order valence-electron chi connectivity index (χ1n) is 8.23. The number of nitrogens with zero attached hydrogens (tertiary/aromatic N) is 4. The number of aromatic nitrogens is 2. The van der Waals surface area contributed by atoms with Crippen LogP contribution in [0.1, 0.15) is 24.3 Å². The van der Waals surface area contributed by atoms with E-state index in [4.69, 9.17) is 0 Å². The number of nitrogens with one attached hydrogen (secondary N) is 1. The van der Waals surface area contributed by atoms with Crippen LogP contribution in [0.5, 0.6) is 0 Å². The lowest BCUT2D eigenvalue weighted by atomic mass is 9.75. The molecule has 2 aromatic rings. The molecule has 5 nitrogen and oxygen atoms in total. The summed E-state index contributed by atoms with van der Waals surface area (Å²) in [7, 11) is 0. The second-order valence-corrected chi connectivity index (χ2v) is 6.38. The van der Waals surface area contributed by atoms with Crippen molar-refractivity contribution in [1.29, 1.82) is 10.5 Å². The largest absolute Gasteiger partial charge is 0.430 e. The van der Waals surface area contributed by atoms with E-state index in [0.717, 1.165) is 0 Å². The molecule has 1 aromatic carbocycles. The van der Waals surface area contributed by atoms with Crippen LogP contribution in [0.15, 0.2) is 40.7 Å². The summed E-state index contributed by atoms with van der Waals surface area (Å²) in [5.41, 5.74) is -1.74. The van der Waals surface area contributed by atoms with E-state index in [1.54, 1.807) is 6.07 Å². The Morgan fingerprint density at radius 3 is 2.41 bits per heavy atom. The number of benzene rings is 1. The van der Waals surface area contributed by atoms with Gasteiger partial charge in [-0.1, -0.05) is 6.07 Å². The van der Waals surface area contributed by atoms with Crippen molar-refractivity contribution in [2.24, 2.45) is 10.9 Å². The Morgan fingerprint density at radius 1 is 1.10 bits per heavy atom. The minimum Gasteiger partial charge on any atom is -0.278 e. The van der Waals surface area contributed by atoms with Crippen molar-refractivity contribution in [2.45, 2.75) is 31.1 Å². The first-order chi connectivity index (χ1) is 13.5. The molecule has 1 N–H and O–H groups in total. The fraction of sp³-hybridized carbons (Fsp3) is 0.333. The number of hydrogen-bond donors (Lipinski definition) is 1. The number of allylic oxidation sites excluding steroid dienone is 2. The molecule has 0 radical (unpaired) electrons. The van der Waals surface area contributed by atoms with Gasteiger partial charge in [0, 0.05) is 17.7 Å². The van der Waals surface area contributed by atoms with Crippen LogP contribution in [0.25, 0.3) is 10.9 Å². The second-order valence-electron chi connectivity index (χ2n) is 6.38. The van der Waals surface area contributed by atoms with Crippen LogP contribution >= 0.6 is 0 Å². The molecule has 0 saturated heterocycles. The topological polar surface area (TPSA) is 88.6 Å². The molecular weight excluding hydrogens is 400 g/mol. The lowest BCUT2D eigenvalue weighted by Gasteiger charge is -2.30. The summed E-state index contributed by atoms with van der Waals surface area (Å²) in [5.74, 6) is -3.27. The molecule has 11 heteroatoms. The number of H-pyrrole nitrogens is 1. The van der Waals surface area contributed by atoms with E-state index in [-0.39, 0.29) is 11.1 Å². The lowest BCUT2D eigenvalue weighted by Crippen LogP contribution is -2.37. The monoisotopic (exact) mass is 411 g/mol. The molecule has 150 valence electrons. The van der Waals surface area contributed by atoms with E-state index in [1.807, 2.05) is 0 Å². The fourth-order valence-corrected chi connectivity index (χ4v) is 3.25. The van der Waals surface area contributed by atoms with Gasteiger partial charge in [-0.25, -0.2) is 0 Å². The molecule has 1 aliphatic rings. The van der Waals surface area contributed by atoms with E-state index < -0.39 is 48.4 Å². The molecular formula is C18H11F6N5. The van der Waals surface area contributed by atoms with Crippen molar-refractivity contribution in [3.63, 3.8) is 0 Å². The van der Waals surface area contributed by atoms with Crippen LogP contribution in [-0.4, -0.2) is 28.3 Å². The summed E-state index contributed by atoms with van der Waals surface area (Å²) in [6, 6.07) is 7.58. The van der Waals surface area contributed by atoms with E-state index in [0.29, 0.717) is 10.9 Å². The number of hydrogen-bond acceptors (Lipinski definition) is 4. The second kappa shape index (κ2) is 7.24. The number of rotatable bonds is 3. The molecule has 0 aliphatic carbocycles. The van der Waals surface area contributed by atoms with Crippen molar-refractivity contribution >= 4 is 16.6 Å². The number of aliphatic imine (C=N–C) groups is 1. The highest BCUT2D eigenvalue weighted by molar-refractivity contribution is 5.97. The lowest BCUT2D eigenvalue weighted by molar-refractivity contribution is -0.134. The van der Waals surface area contributed by atoms with E-state index in [1.165, 1.54) is 30.5 Å². The summed E-state index contributed by atoms with van der Waals surface area (Å²) < 4.78 is 78.5. The SMILES string of the molecule is N#CC1=C(CCC(F)(F)F)N=C(C(F)(F)F)C(C#N)C1c1ccc2[nH]ncc2c1. The third-order valence-electron chi connectivity index (χ3n) is 4.52. The average Bonchev–Trinajstić information content (AvgIpc) is 3.11. The van der Waals surface area contributed by atoms with Crippen LogP contribution < -0.4 is 0 Å². The van der Waals surface area contributed by atoms with Crippen molar-refractivity contribution in [1.82, 2.24) is 10.2 Å². The Kier molecular flexibility index (Phi) is 5.09. The highest BCUT2D eigenvalue weighted by atomic mass is 19.4. The number of alkyl halides is 6. The predicted molar refractivity (Wildman–Crippen MR) is 89.4 cm³/mol. The number of fused-ring (bicyclic) bond motifs is 1. The van der Waals surface area contributed by atoms with Gasteiger partial charge in [0.1, 0.15) is 11.6 Å². The van der Waals surface area contributed by atoms with Gasteiger partial charge in [0.2, 0.25) is 0 Å². The first kappa shape index (κ1) is 20.4. The Labute approximate surface area is 160 Å². The summed E-state index contributed by atoms with van der Waals surface area (Å²) in [5, 5.41) is 25.9. The summed E-state index contributed by atoms with van der Waals surface area (Å²) >= 11 is 0. The van der Waals surface area contributed by atoms with Crippen LogP contribution in [-0.2, 0) is 0 Å². The molecule has 2 heterocycles. The van der Waals surface area contributed by atoms with Gasteiger partial charge < -0.3 is 0 Å². The van der Waals surface area contributed by atoms with Gasteiger partial charge in [-0.3, -0.25) is 10.1 Å². The first-order valence-corrected chi connectivity index (χ1v) is 8.23. The maximum atomic E-state index is 13.5. The minimum absolute atomic E-state index is 0.183. The Balaban J connectivity index is 2.19. The fourth-order valence-electron chi connectivity index (χ4n) is 3.25. The predicted octanol–water partition coefficient (Wildman–Crippen LogP) is 4.92. The molecule has 2 atom stereocenters. The third kappa shape index (κ3) is 4.09. The smallest absolute Gasteiger partial charge is 0.278 e. The highest BCUT2D eigenvalue weighted by Gasteiger charge is 2.48. The minimum atomic E-state index is -5.04. The van der Waals surface area contributed by atoms with Crippen molar-refractivity contribution in [2.75, 3.05) is 0 Å². The number of nitriles is 2. The van der Waals surface area contributed by atoms with Crippen LogP contribution in [0, 0.1) is 28.6 Å². The van der Waals surface area contributed by atoms with E-state index in [2.05, 4.69) is 15.2 Å². The maximum absolute atomic E-state index is 13.5. The Bertz CT molecular complexity index is 1080. The Hall–Kier alpha value is -3.34. The summed E-state index contributed by atoms with van der Waals surface area (Å²) in [6.07, 6.45) is -10.6. The van der Waals surface area contributed by atoms with Crippen molar-refractivity contribution in [3.8, 4) is 12.1 Å². The van der Waals surface area contributed by atoms with E-state index >= 15 is 0 Å². The number of halogens is 6. The molecule has 1 aromatic heterocycles. The van der Waals surface area contributed by atoms with Gasteiger partial charge in [-0.05, 0) is 24.1 Å². The average molecular weight is 411 g/mol. The van der Waals surface area contributed by atoms with Gasteiger partial charge in [0.05, 0.1) is 35.1 Å². The highest BCUT2D eigenvalue weighted by Crippen LogP contribution is 2.44. The van der Waals surface area contributed by atoms with Crippen molar-refractivity contribution in [3.05, 3.63) is 41.2 Å². The molecule has 0 fully saturated rings. The molecule has 0 saturated carbocycles. The molecule has 3 rings (SSSR count). The molecule has 0 amide bonds. The molecule has 0 bridgehead atoms. The van der Waals surface area contributed by atoms with Gasteiger partial charge >= 0.3 is 12.4 Å². The van der Waals surface area contributed by atoms with Crippen LogP contribution in [0.2, 0.25) is 0 Å². The normalized spacial score (nSPS) is 20.3. The summed E-state index contributed by atoms with van der Waals surface area (Å²) in [6.45, 7) is 0. The molecule has 1 aliphatic heterocycles.